The zero-order valence-electron chi connectivity index (χ0n) is 34.4. The second-order valence-electron chi connectivity index (χ2n) is 14.1. The summed E-state index contributed by atoms with van der Waals surface area (Å²) in [6, 6.07) is 0. The molecule has 0 heterocycles. The third kappa shape index (κ3) is 42.4. The van der Waals surface area contributed by atoms with Crippen molar-refractivity contribution in [1.82, 2.24) is 0 Å². The lowest BCUT2D eigenvalue weighted by Crippen LogP contribution is -2.29. The fourth-order valence-corrected chi connectivity index (χ4v) is 6.02. The molecule has 0 aromatic carbocycles. The molecule has 0 aromatic rings. The lowest BCUT2D eigenvalue weighted by Gasteiger charge is -2.18. The number of carbonyl (C=O) groups is 2. The molecule has 0 rings (SSSR count). The molecule has 0 aromatic heterocycles. The van der Waals surface area contributed by atoms with E-state index in [-0.39, 0.29) is 25.9 Å². The first kappa shape index (κ1) is 52.5. The van der Waals surface area contributed by atoms with Crippen molar-refractivity contribution in [2.45, 2.75) is 187 Å². The normalized spacial score (nSPS) is 13.8. The molecule has 0 fully saturated rings. The fraction of sp³-hybridized carbons (Fsp3) is 0.689. The van der Waals surface area contributed by atoms with Gasteiger partial charge in [0.15, 0.2) is 6.10 Å². The van der Waals surface area contributed by atoms with E-state index in [0.717, 1.165) is 51.4 Å². The summed E-state index contributed by atoms with van der Waals surface area (Å²) in [5.74, 6) is -1.17. The van der Waals surface area contributed by atoms with Crippen LogP contribution in [0.15, 0.2) is 72.9 Å². The number of esters is 2. The molecule has 0 aliphatic rings. The van der Waals surface area contributed by atoms with Gasteiger partial charge < -0.3 is 24.4 Å². The molecular weight excluding hydrogens is 715 g/mol. The molecule has 55 heavy (non-hydrogen) atoms. The maximum absolute atomic E-state index is 12.4. The van der Waals surface area contributed by atoms with E-state index in [9.17, 15) is 19.3 Å². The minimum atomic E-state index is -4.82. The van der Waals surface area contributed by atoms with E-state index in [4.69, 9.17) is 19.3 Å². The van der Waals surface area contributed by atoms with Crippen LogP contribution in [0.1, 0.15) is 174 Å². The lowest BCUT2D eigenvalue weighted by molar-refractivity contribution is -0.161. The molecule has 10 heteroatoms. The summed E-state index contributed by atoms with van der Waals surface area (Å²) < 4.78 is 26.2. The summed E-state index contributed by atoms with van der Waals surface area (Å²) >= 11 is 0. The third-order valence-electron chi connectivity index (χ3n) is 8.86. The fourth-order valence-electron chi connectivity index (χ4n) is 5.66. The van der Waals surface area contributed by atoms with Crippen molar-refractivity contribution in [2.75, 3.05) is 13.2 Å². The molecule has 2 atom stereocenters. The maximum Gasteiger partial charge on any atom is 0.469 e. The van der Waals surface area contributed by atoms with Crippen molar-refractivity contribution in [3.8, 4) is 0 Å². The second kappa shape index (κ2) is 39.7. The maximum atomic E-state index is 12.4. The Hall–Kier alpha value is -2.55. The smallest absolute Gasteiger partial charge is 0.462 e. The number of aliphatic hydroxyl groups is 1. The molecule has 0 amide bonds. The lowest BCUT2D eigenvalue weighted by atomic mass is 10.0. The Labute approximate surface area is 334 Å². The van der Waals surface area contributed by atoms with Crippen molar-refractivity contribution in [3.05, 3.63) is 72.9 Å². The first-order chi connectivity index (χ1) is 26.7. The number of hydrogen-bond acceptors (Lipinski definition) is 7. The Bertz CT molecular complexity index is 1140. The summed E-state index contributed by atoms with van der Waals surface area (Å²) in [6.45, 7) is 3.38. The van der Waals surface area contributed by atoms with E-state index in [1.54, 1.807) is 12.2 Å². The van der Waals surface area contributed by atoms with Crippen LogP contribution >= 0.6 is 7.82 Å². The number of phosphoric acid groups is 1. The highest BCUT2D eigenvalue weighted by atomic mass is 31.2. The van der Waals surface area contributed by atoms with Gasteiger partial charge in [-0.2, -0.15) is 0 Å². The number of carbonyl (C=O) groups excluding carboxylic acids is 2. The number of ether oxygens (including phenoxy) is 2. The van der Waals surface area contributed by atoms with E-state index in [0.29, 0.717) is 6.42 Å². The van der Waals surface area contributed by atoms with Gasteiger partial charge in [-0.05, 0) is 44.9 Å². The van der Waals surface area contributed by atoms with E-state index in [2.05, 4.69) is 67.0 Å². The van der Waals surface area contributed by atoms with Crippen LogP contribution in [0.4, 0.5) is 0 Å². The highest BCUT2D eigenvalue weighted by Crippen LogP contribution is 2.36. The largest absolute Gasteiger partial charge is 0.469 e. The van der Waals surface area contributed by atoms with Crippen LogP contribution in [0.25, 0.3) is 0 Å². The van der Waals surface area contributed by atoms with Gasteiger partial charge in [-0.3, -0.25) is 14.1 Å². The molecule has 0 bridgehead atoms. The van der Waals surface area contributed by atoms with Crippen LogP contribution in [0.3, 0.4) is 0 Å². The van der Waals surface area contributed by atoms with Crippen molar-refractivity contribution in [3.63, 3.8) is 0 Å². The third-order valence-corrected chi connectivity index (χ3v) is 9.34. The van der Waals surface area contributed by atoms with Crippen LogP contribution in [-0.2, 0) is 28.2 Å². The predicted molar refractivity (Wildman–Crippen MR) is 226 cm³/mol. The highest BCUT2D eigenvalue weighted by Gasteiger charge is 2.23. The van der Waals surface area contributed by atoms with Gasteiger partial charge >= 0.3 is 19.8 Å². The summed E-state index contributed by atoms with van der Waals surface area (Å²) in [5, 5.41) is 10.2. The van der Waals surface area contributed by atoms with Crippen molar-refractivity contribution in [1.29, 1.82) is 0 Å². The molecule has 316 valence electrons. The number of phosphoric ester groups is 1. The molecule has 1 unspecified atom stereocenters. The van der Waals surface area contributed by atoms with Gasteiger partial charge in [-0.15, -0.1) is 0 Å². The van der Waals surface area contributed by atoms with E-state index < -0.39 is 38.6 Å². The van der Waals surface area contributed by atoms with Crippen molar-refractivity contribution < 1.29 is 43.0 Å². The number of rotatable bonds is 38. The van der Waals surface area contributed by atoms with E-state index in [1.807, 2.05) is 12.2 Å². The number of hydrogen-bond donors (Lipinski definition) is 3. The molecule has 0 aliphatic carbocycles. The van der Waals surface area contributed by atoms with Crippen molar-refractivity contribution in [2.24, 2.45) is 0 Å². The Morgan fingerprint density at radius 3 is 1.49 bits per heavy atom. The topological polar surface area (TPSA) is 140 Å². The molecule has 0 radical (unpaired) electrons. The van der Waals surface area contributed by atoms with Gasteiger partial charge in [0.25, 0.3) is 0 Å². The first-order valence-electron chi connectivity index (χ1n) is 21.3. The van der Waals surface area contributed by atoms with Gasteiger partial charge in [0, 0.05) is 12.8 Å². The number of aliphatic hydroxyl groups excluding tert-OH is 1. The molecular formula is C45H77O9P. The van der Waals surface area contributed by atoms with Gasteiger partial charge in [0.1, 0.15) is 6.61 Å². The van der Waals surface area contributed by atoms with E-state index in [1.165, 1.54) is 83.5 Å². The van der Waals surface area contributed by atoms with Gasteiger partial charge in [0.05, 0.1) is 12.7 Å². The SMILES string of the molecule is CC/C=C\C/C=C\C/C=C\C/C=C\C/C=C\C=C/C(O)CCC(=O)O[C@H](COC(=O)CCCCCCCCCCCCCCCCCCC)COP(=O)(O)O. The first-order valence-corrected chi connectivity index (χ1v) is 22.9. The number of allylic oxidation sites excluding steroid dienone is 11. The van der Waals surface area contributed by atoms with Gasteiger partial charge in [0.2, 0.25) is 0 Å². The Morgan fingerprint density at radius 2 is 1.02 bits per heavy atom. The predicted octanol–water partition coefficient (Wildman–Crippen LogP) is 12.0. The van der Waals surface area contributed by atoms with Crippen LogP contribution in [0, 0.1) is 0 Å². The molecule has 0 saturated carbocycles. The Morgan fingerprint density at radius 1 is 0.564 bits per heavy atom. The number of unbranched alkanes of at least 4 members (excludes halogenated alkanes) is 16. The average molecular weight is 793 g/mol. The van der Waals surface area contributed by atoms with Crippen LogP contribution < -0.4 is 0 Å². The molecule has 0 aliphatic heterocycles. The summed E-state index contributed by atoms with van der Waals surface area (Å²) in [6.07, 6.45) is 48.1. The Balaban J connectivity index is 4.14. The summed E-state index contributed by atoms with van der Waals surface area (Å²) in [7, 11) is -4.82. The second-order valence-corrected chi connectivity index (χ2v) is 15.4. The standard InChI is InChI=1S/C45H77O9P/c1-3-5-7-9-11-13-15-17-19-21-23-25-27-29-31-33-35-37-44(47)52-40-43(41-53-55(49,50)51)54-45(48)39-38-42(46)36-34-32-30-28-26-24-22-20-18-16-14-12-10-8-6-4-2/h6,8,12,14,18,20,24,26,30,32,34,36,42-43,46H,3-5,7,9-11,13,15-17,19,21-23,25,27-29,31,33,35,37-41H2,1-2H3,(H2,49,50,51)/b8-6-,14-12-,20-18-,26-24-,32-30-,36-34-/t42?,43-/m1/s1. The van der Waals surface area contributed by atoms with Crippen LogP contribution in [-0.4, -0.2) is 52.3 Å². The Kier molecular flexibility index (Phi) is 37.8. The van der Waals surface area contributed by atoms with Crippen molar-refractivity contribution >= 4 is 19.8 Å². The minimum Gasteiger partial charge on any atom is -0.462 e. The quantitative estimate of drug-likeness (QED) is 0.0183. The monoisotopic (exact) mass is 793 g/mol. The zero-order chi connectivity index (χ0) is 40.5. The van der Waals surface area contributed by atoms with E-state index >= 15 is 0 Å². The highest BCUT2D eigenvalue weighted by molar-refractivity contribution is 7.46. The summed E-state index contributed by atoms with van der Waals surface area (Å²) in [5.41, 5.74) is 0. The van der Waals surface area contributed by atoms with Gasteiger partial charge in [-0.1, -0.05) is 189 Å². The zero-order valence-corrected chi connectivity index (χ0v) is 35.3. The molecule has 0 spiro atoms. The summed E-state index contributed by atoms with van der Waals surface area (Å²) in [4.78, 5) is 42.9. The molecule has 9 nitrogen and oxygen atoms in total. The minimum absolute atomic E-state index is 0.0885. The molecule has 0 saturated heterocycles. The molecule has 3 N–H and O–H groups in total. The van der Waals surface area contributed by atoms with Gasteiger partial charge in [-0.25, -0.2) is 4.57 Å². The van der Waals surface area contributed by atoms with Crippen LogP contribution in [0.5, 0.6) is 0 Å². The van der Waals surface area contributed by atoms with Crippen LogP contribution in [0.2, 0.25) is 0 Å². The average Bonchev–Trinajstić information content (AvgIpc) is 3.15.